The molecule has 4 N–H and O–H groups in total. The summed E-state index contributed by atoms with van der Waals surface area (Å²) in [6.07, 6.45) is 0. The molecule has 0 aliphatic carbocycles. The third-order valence-corrected chi connectivity index (χ3v) is 4.11. The highest BCUT2D eigenvalue weighted by Gasteiger charge is 2.19. The van der Waals surface area contributed by atoms with Crippen LogP contribution in [0.2, 0.25) is 0 Å². The van der Waals surface area contributed by atoms with Crippen molar-refractivity contribution in [2.24, 2.45) is 0 Å². The van der Waals surface area contributed by atoms with Gasteiger partial charge in [-0.1, -0.05) is 6.07 Å². The van der Waals surface area contributed by atoms with Crippen LogP contribution >= 0.6 is 0 Å². The fourth-order valence-electron chi connectivity index (χ4n) is 2.75. The van der Waals surface area contributed by atoms with Crippen LogP contribution in [-0.2, 0) is 4.79 Å². The van der Waals surface area contributed by atoms with Crippen LogP contribution in [0.15, 0.2) is 41.2 Å². The van der Waals surface area contributed by atoms with Gasteiger partial charge in [0.2, 0.25) is 5.91 Å². The number of aromatic amines is 2. The molecule has 1 amide bonds. The Morgan fingerprint density at radius 1 is 1.04 bits per heavy atom. The van der Waals surface area contributed by atoms with Gasteiger partial charge in [-0.25, -0.2) is 13.6 Å². The maximum absolute atomic E-state index is 13.8. The smallest absolute Gasteiger partial charge is 0.323 e. The Hall–Kier alpha value is -3.00. The molecule has 3 rings (SSSR count). The number of rotatable bonds is 5. The summed E-state index contributed by atoms with van der Waals surface area (Å²) >= 11 is 0. The zero-order chi connectivity index (χ0) is 18.8. The fourth-order valence-corrected chi connectivity index (χ4v) is 2.75. The van der Waals surface area contributed by atoms with Crippen LogP contribution < -0.4 is 16.3 Å². The largest absolute Gasteiger partial charge is 0.325 e. The lowest BCUT2D eigenvalue weighted by molar-refractivity contribution is -0.117. The highest BCUT2D eigenvalue weighted by atomic mass is 19.1. The Labute approximate surface area is 147 Å². The number of anilines is 1. The molecule has 2 unspecified atom stereocenters. The number of benzene rings is 2. The predicted molar refractivity (Wildman–Crippen MR) is 94.9 cm³/mol. The number of H-pyrrole nitrogens is 2. The van der Waals surface area contributed by atoms with E-state index in [1.165, 1.54) is 12.1 Å². The quantitative estimate of drug-likeness (QED) is 0.564. The van der Waals surface area contributed by atoms with Crippen molar-refractivity contribution in [2.75, 3.05) is 5.32 Å². The van der Waals surface area contributed by atoms with Gasteiger partial charge in [0.1, 0.15) is 11.6 Å². The third-order valence-electron chi connectivity index (χ3n) is 4.11. The SMILES string of the molecule is CC(NC(C)c1ccc(F)cc1F)C(=O)Nc1ccc2[nH]c(=O)[nH]c2c1. The monoisotopic (exact) mass is 360 g/mol. The van der Waals surface area contributed by atoms with Crippen LogP contribution in [0.5, 0.6) is 0 Å². The first-order valence-corrected chi connectivity index (χ1v) is 8.07. The fraction of sp³-hybridized carbons (Fsp3) is 0.222. The van der Waals surface area contributed by atoms with Crippen LogP contribution in [0.1, 0.15) is 25.5 Å². The number of carbonyl (C=O) groups is 1. The summed E-state index contributed by atoms with van der Waals surface area (Å²) in [7, 11) is 0. The first kappa shape index (κ1) is 17.8. The molecular formula is C18H18F2N4O2. The Balaban J connectivity index is 1.67. The highest BCUT2D eigenvalue weighted by molar-refractivity contribution is 5.96. The highest BCUT2D eigenvalue weighted by Crippen LogP contribution is 2.19. The minimum Gasteiger partial charge on any atom is -0.325 e. The molecule has 136 valence electrons. The van der Waals surface area contributed by atoms with Gasteiger partial charge in [0.05, 0.1) is 17.1 Å². The molecule has 8 heteroatoms. The molecule has 2 aromatic carbocycles. The summed E-state index contributed by atoms with van der Waals surface area (Å²) < 4.78 is 26.8. The molecule has 0 fully saturated rings. The number of nitrogens with one attached hydrogen (secondary N) is 4. The van der Waals surface area contributed by atoms with E-state index in [1.807, 2.05) is 0 Å². The van der Waals surface area contributed by atoms with Crippen molar-refractivity contribution in [3.05, 3.63) is 64.1 Å². The molecule has 3 aromatic rings. The van der Waals surface area contributed by atoms with E-state index in [0.717, 1.165) is 6.07 Å². The second kappa shape index (κ2) is 7.09. The molecule has 0 saturated heterocycles. The van der Waals surface area contributed by atoms with Crippen LogP contribution in [0, 0.1) is 11.6 Å². The second-order valence-electron chi connectivity index (χ2n) is 6.10. The number of hydrogen-bond donors (Lipinski definition) is 4. The van der Waals surface area contributed by atoms with Gasteiger partial charge in [-0.2, -0.15) is 0 Å². The molecule has 2 atom stereocenters. The summed E-state index contributed by atoms with van der Waals surface area (Å²) in [4.78, 5) is 28.9. The maximum atomic E-state index is 13.8. The van der Waals surface area contributed by atoms with Crippen molar-refractivity contribution in [3.63, 3.8) is 0 Å². The molecule has 0 aliphatic heterocycles. The molecule has 26 heavy (non-hydrogen) atoms. The van der Waals surface area contributed by atoms with Gasteiger partial charge in [0.15, 0.2) is 0 Å². The molecule has 1 aromatic heterocycles. The van der Waals surface area contributed by atoms with E-state index in [4.69, 9.17) is 0 Å². The van der Waals surface area contributed by atoms with Crippen molar-refractivity contribution in [1.29, 1.82) is 0 Å². The summed E-state index contributed by atoms with van der Waals surface area (Å²) in [5.41, 5.74) is 1.69. The molecule has 1 heterocycles. The number of imidazole rings is 1. The van der Waals surface area contributed by atoms with E-state index in [0.29, 0.717) is 16.7 Å². The van der Waals surface area contributed by atoms with Gasteiger partial charge in [-0.3, -0.25) is 10.1 Å². The van der Waals surface area contributed by atoms with Gasteiger partial charge in [-0.15, -0.1) is 0 Å². The molecule has 0 radical (unpaired) electrons. The standard InChI is InChI=1S/C18H18F2N4O2/c1-9(13-5-3-11(19)7-14(13)20)21-10(2)17(25)22-12-4-6-15-16(8-12)24-18(26)23-15/h3-10,21H,1-2H3,(H,22,25)(H2,23,24,26). The number of carbonyl (C=O) groups excluding carboxylic acids is 1. The Bertz CT molecular complexity index is 1010. The number of amides is 1. The number of fused-ring (bicyclic) bond motifs is 1. The van der Waals surface area contributed by atoms with Crippen molar-refractivity contribution in [2.45, 2.75) is 25.9 Å². The minimum atomic E-state index is -0.667. The van der Waals surface area contributed by atoms with Gasteiger partial charge in [0.25, 0.3) is 0 Å². The lowest BCUT2D eigenvalue weighted by atomic mass is 10.1. The molecular weight excluding hydrogens is 342 g/mol. The normalized spacial score (nSPS) is 13.5. The van der Waals surface area contributed by atoms with E-state index >= 15 is 0 Å². The lowest BCUT2D eigenvalue weighted by Gasteiger charge is -2.20. The van der Waals surface area contributed by atoms with Crippen LogP contribution in [0.3, 0.4) is 0 Å². The topological polar surface area (TPSA) is 89.8 Å². The van der Waals surface area contributed by atoms with Crippen molar-refractivity contribution < 1.29 is 13.6 Å². The van der Waals surface area contributed by atoms with Crippen molar-refractivity contribution in [1.82, 2.24) is 15.3 Å². The van der Waals surface area contributed by atoms with Crippen molar-refractivity contribution in [3.8, 4) is 0 Å². The van der Waals surface area contributed by atoms with E-state index in [2.05, 4.69) is 20.6 Å². The molecule has 0 aliphatic rings. The average Bonchev–Trinajstić information content (AvgIpc) is 2.93. The van der Waals surface area contributed by atoms with Gasteiger partial charge >= 0.3 is 5.69 Å². The summed E-state index contributed by atoms with van der Waals surface area (Å²) in [5, 5.41) is 5.71. The molecule has 0 saturated carbocycles. The van der Waals surface area contributed by atoms with Crippen LogP contribution in [0.25, 0.3) is 11.0 Å². The summed E-state index contributed by atoms with van der Waals surface area (Å²) in [6, 6.07) is 7.20. The Kier molecular flexibility index (Phi) is 4.85. The van der Waals surface area contributed by atoms with Crippen LogP contribution in [-0.4, -0.2) is 21.9 Å². The maximum Gasteiger partial charge on any atom is 0.323 e. The summed E-state index contributed by atoms with van der Waals surface area (Å²) in [5.74, 6) is -1.64. The van der Waals surface area contributed by atoms with E-state index in [1.54, 1.807) is 32.0 Å². The predicted octanol–water partition coefficient (Wildman–Crippen LogP) is 2.81. The van der Waals surface area contributed by atoms with Gasteiger partial charge < -0.3 is 15.3 Å². The zero-order valence-corrected chi connectivity index (χ0v) is 14.2. The zero-order valence-electron chi connectivity index (χ0n) is 14.2. The van der Waals surface area contributed by atoms with Gasteiger partial charge in [-0.05, 0) is 38.1 Å². The van der Waals surface area contributed by atoms with Gasteiger partial charge in [0, 0.05) is 23.4 Å². The Morgan fingerprint density at radius 2 is 1.77 bits per heavy atom. The first-order valence-electron chi connectivity index (χ1n) is 8.07. The second-order valence-corrected chi connectivity index (χ2v) is 6.10. The third kappa shape index (κ3) is 3.80. The van der Waals surface area contributed by atoms with Crippen LogP contribution in [0.4, 0.5) is 14.5 Å². The average molecular weight is 360 g/mol. The summed E-state index contributed by atoms with van der Waals surface area (Å²) in [6.45, 7) is 3.33. The molecule has 0 spiro atoms. The molecule has 6 nitrogen and oxygen atoms in total. The number of hydrogen-bond acceptors (Lipinski definition) is 3. The first-order chi connectivity index (χ1) is 12.3. The Morgan fingerprint density at radius 3 is 2.50 bits per heavy atom. The number of aromatic nitrogens is 2. The van der Waals surface area contributed by atoms with E-state index < -0.39 is 23.7 Å². The van der Waals surface area contributed by atoms with E-state index in [-0.39, 0.29) is 17.2 Å². The van der Waals surface area contributed by atoms with Crippen molar-refractivity contribution >= 4 is 22.6 Å². The molecule has 0 bridgehead atoms. The minimum absolute atomic E-state index is 0.275. The lowest BCUT2D eigenvalue weighted by Crippen LogP contribution is -2.39. The van der Waals surface area contributed by atoms with E-state index in [9.17, 15) is 18.4 Å². The number of halogens is 2.